The fourth-order valence-electron chi connectivity index (χ4n) is 5.56. The minimum Gasteiger partial charge on any atom is -0.507 e. The van der Waals surface area contributed by atoms with Crippen LogP contribution in [0.1, 0.15) is 37.0 Å². The fourth-order valence-corrected chi connectivity index (χ4v) is 5.56. The molecule has 0 unspecified atom stereocenters. The number of ether oxygens (including phenoxy) is 2. The van der Waals surface area contributed by atoms with Gasteiger partial charge in [0.25, 0.3) is 17.6 Å². The van der Waals surface area contributed by atoms with E-state index in [-0.39, 0.29) is 24.0 Å². The number of hydrogen-bond donors (Lipinski definition) is 1. The zero-order chi connectivity index (χ0) is 24.9. The van der Waals surface area contributed by atoms with Crippen molar-refractivity contribution in [2.45, 2.75) is 38.3 Å². The zero-order valence-corrected chi connectivity index (χ0v) is 20.0. The number of likely N-dealkylation sites (tertiary alicyclic amines) is 1. The maximum absolute atomic E-state index is 14.1. The highest BCUT2D eigenvalue weighted by Crippen LogP contribution is 2.53. The number of methoxy groups -OCH3 is 1. The van der Waals surface area contributed by atoms with E-state index in [0.717, 1.165) is 11.3 Å². The van der Waals surface area contributed by atoms with Crippen LogP contribution in [0.25, 0.3) is 5.76 Å². The molecule has 1 saturated heterocycles. The molecule has 8 heteroatoms. The largest absolute Gasteiger partial charge is 0.507 e. The molecule has 0 bridgehead atoms. The summed E-state index contributed by atoms with van der Waals surface area (Å²) in [6.07, 6.45) is 1.10. The third kappa shape index (κ3) is 3.20. The smallest absolute Gasteiger partial charge is 0.296 e. The van der Waals surface area contributed by atoms with Crippen LogP contribution in [0.4, 0.5) is 5.69 Å². The number of fused-ring (bicyclic) bond motifs is 3. The number of amides is 2. The summed E-state index contributed by atoms with van der Waals surface area (Å²) in [5.74, 6) is -1.73. The third-order valence-corrected chi connectivity index (χ3v) is 7.03. The first-order valence-electron chi connectivity index (χ1n) is 11.9. The Labute approximate surface area is 203 Å². The Bertz CT molecular complexity index is 1270. The molecule has 8 nitrogen and oxygen atoms in total. The molecule has 35 heavy (non-hydrogen) atoms. The molecule has 5 rings (SSSR count). The number of anilines is 1. The van der Waals surface area contributed by atoms with Gasteiger partial charge in [-0.1, -0.05) is 18.2 Å². The molecule has 1 fully saturated rings. The lowest BCUT2D eigenvalue weighted by Gasteiger charge is -2.34. The number of hydrogen-bond acceptors (Lipinski definition) is 6. The molecule has 2 aromatic rings. The van der Waals surface area contributed by atoms with Crippen molar-refractivity contribution in [2.75, 3.05) is 31.7 Å². The monoisotopic (exact) mass is 476 g/mol. The topological polar surface area (TPSA) is 96.4 Å². The first-order chi connectivity index (χ1) is 16.9. The first kappa shape index (κ1) is 23.1. The van der Waals surface area contributed by atoms with E-state index in [1.807, 2.05) is 19.9 Å². The van der Waals surface area contributed by atoms with Crippen LogP contribution >= 0.6 is 0 Å². The maximum Gasteiger partial charge on any atom is 0.296 e. The molecule has 0 aromatic heterocycles. The van der Waals surface area contributed by atoms with Crippen molar-refractivity contribution in [1.82, 2.24) is 4.90 Å². The van der Waals surface area contributed by atoms with Crippen LogP contribution < -0.4 is 9.64 Å². The summed E-state index contributed by atoms with van der Waals surface area (Å²) >= 11 is 0. The molecule has 2 amide bonds. The molecule has 3 heterocycles. The summed E-state index contributed by atoms with van der Waals surface area (Å²) in [4.78, 5) is 43.9. The van der Waals surface area contributed by atoms with Gasteiger partial charge < -0.3 is 24.4 Å². The Hall–Kier alpha value is -3.65. The van der Waals surface area contributed by atoms with Gasteiger partial charge in [-0.05, 0) is 50.1 Å². The van der Waals surface area contributed by atoms with Crippen LogP contribution in [0, 0.1) is 0 Å². The fraction of sp³-hybridized carbons (Fsp3) is 0.370. The van der Waals surface area contributed by atoms with Crippen LogP contribution in [0.15, 0.2) is 48.0 Å². The molecule has 0 aliphatic carbocycles. The van der Waals surface area contributed by atoms with E-state index in [1.165, 1.54) is 4.90 Å². The molecule has 182 valence electrons. The minimum atomic E-state index is -1.73. The van der Waals surface area contributed by atoms with Crippen LogP contribution in [0.2, 0.25) is 0 Å². The van der Waals surface area contributed by atoms with Gasteiger partial charge in [-0.25, -0.2) is 0 Å². The van der Waals surface area contributed by atoms with Crippen molar-refractivity contribution >= 4 is 29.0 Å². The standard InChI is InChI=1S/C27H28N2O6/c1-4-28-20-9-6-5-8-19(20)27(26(28)33)22(24(31)25(32)29(27)12-7-13-34-3)23(30)17-10-11-21-18(15-17)14-16(2)35-21/h5-6,8-11,15-16,30H,4,7,12-14H2,1-3H3/t16-,27-/m1/s1. The molecule has 2 atom stereocenters. The average Bonchev–Trinajstić information content (AvgIpc) is 3.42. The molecule has 1 spiro atoms. The lowest BCUT2D eigenvalue weighted by molar-refractivity contribution is -0.143. The number of para-hydroxylation sites is 1. The predicted molar refractivity (Wildman–Crippen MR) is 129 cm³/mol. The number of rotatable bonds is 6. The highest BCUT2D eigenvalue weighted by Gasteiger charge is 2.66. The van der Waals surface area contributed by atoms with Gasteiger partial charge in [0.15, 0.2) is 5.54 Å². The quantitative estimate of drug-likeness (QED) is 0.298. The van der Waals surface area contributed by atoms with Crippen LogP contribution in [-0.4, -0.2) is 60.5 Å². The molecular weight excluding hydrogens is 448 g/mol. The van der Waals surface area contributed by atoms with E-state index in [9.17, 15) is 19.5 Å². The second kappa shape index (κ2) is 8.53. The number of likely N-dealkylation sites (N-methyl/N-ethyl adjacent to an activating group) is 1. The van der Waals surface area contributed by atoms with Crippen LogP contribution in [0.3, 0.4) is 0 Å². The third-order valence-electron chi connectivity index (χ3n) is 7.03. The number of aliphatic hydroxyl groups is 1. The van der Waals surface area contributed by atoms with E-state index >= 15 is 0 Å². The number of benzene rings is 2. The Balaban J connectivity index is 1.76. The maximum atomic E-state index is 14.1. The first-order valence-corrected chi connectivity index (χ1v) is 11.9. The van der Waals surface area contributed by atoms with Crippen molar-refractivity contribution in [3.8, 4) is 5.75 Å². The van der Waals surface area contributed by atoms with Crippen molar-refractivity contribution in [1.29, 1.82) is 0 Å². The van der Waals surface area contributed by atoms with Gasteiger partial charge in [-0.15, -0.1) is 0 Å². The molecule has 2 aromatic carbocycles. The van der Waals surface area contributed by atoms with Gasteiger partial charge in [0.1, 0.15) is 17.6 Å². The summed E-state index contributed by atoms with van der Waals surface area (Å²) in [5.41, 5.74) is 0.486. The normalized spacial score (nSPS) is 24.3. The van der Waals surface area contributed by atoms with E-state index in [4.69, 9.17) is 9.47 Å². The summed E-state index contributed by atoms with van der Waals surface area (Å²) in [7, 11) is 1.55. The van der Waals surface area contributed by atoms with Gasteiger partial charge >= 0.3 is 0 Å². The van der Waals surface area contributed by atoms with Crippen LogP contribution in [0.5, 0.6) is 5.75 Å². The summed E-state index contributed by atoms with van der Waals surface area (Å²) in [6, 6.07) is 12.3. The van der Waals surface area contributed by atoms with Crippen molar-refractivity contribution in [3.05, 3.63) is 64.7 Å². The molecule has 1 N–H and O–H groups in total. The van der Waals surface area contributed by atoms with Gasteiger partial charge in [0, 0.05) is 44.4 Å². The molecule has 0 radical (unpaired) electrons. The number of Topliss-reactive ketones (excluding diaryl/α,β-unsaturated/α-hetero) is 1. The van der Waals surface area contributed by atoms with Gasteiger partial charge in [0.05, 0.1) is 11.3 Å². The number of nitrogens with zero attached hydrogens (tertiary/aromatic N) is 2. The Kier molecular flexibility index (Phi) is 5.63. The molecule has 3 aliphatic rings. The van der Waals surface area contributed by atoms with Gasteiger partial charge in [0.2, 0.25) is 0 Å². The second-order valence-corrected chi connectivity index (χ2v) is 9.09. The number of ketones is 1. The highest BCUT2D eigenvalue weighted by atomic mass is 16.5. The van der Waals surface area contributed by atoms with Gasteiger partial charge in [-0.3, -0.25) is 14.4 Å². The number of carbonyl (C=O) groups is 3. The Morgan fingerprint density at radius 2 is 1.97 bits per heavy atom. The summed E-state index contributed by atoms with van der Waals surface area (Å²) in [6.45, 7) is 4.63. The van der Waals surface area contributed by atoms with Crippen LogP contribution in [-0.2, 0) is 31.1 Å². The van der Waals surface area contributed by atoms with Crippen molar-refractivity contribution < 1.29 is 29.0 Å². The van der Waals surface area contributed by atoms with E-state index in [2.05, 4.69) is 0 Å². The van der Waals surface area contributed by atoms with E-state index < -0.39 is 23.1 Å². The number of aliphatic hydroxyl groups excluding tert-OH is 1. The number of carbonyl (C=O) groups excluding carboxylic acids is 3. The Morgan fingerprint density at radius 1 is 1.20 bits per heavy atom. The Morgan fingerprint density at radius 3 is 2.71 bits per heavy atom. The second-order valence-electron chi connectivity index (χ2n) is 9.09. The lowest BCUT2D eigenvalue weighted by atomic mass is 9.81. The molecule has 0 saturated carbocycles. The van der Waals surface area contributed by atoms with E-state index in [1.54, 1.807) is 48.4 Å². The average molecular weight is 477 g/mol. The molecular formula is C27H28N2O6. The SMILES string of the molecule is CCN1C(=O)[C@]2(C(=C(O)c3ccc4c(c3)C[C@@H](C)O4)C(=O)C(=O)N2CCCOC)c2ccccc21. The van der Waals surface area contributed by atoms with Gasteiger partial charge in [-0.2, -0.15) is 0 Å². The highest BCUT2D eigenvalue weighted by molar-refractivity contribution is 6.50. The lowest BCUT2D eigenvalue weighted by Crippen LogP contribution is -2.52. The predicted octanol–water partition coefficient (Wildman–Crippen LogP) is 2.99. The zero-order valence-electron chi connectivity index (χ0n) is 20.0. The molecule has 3 aliphatic heterocycles. The summed E-state index contributed by atoms with van der Waals surface area (Å²) < 4.78 is 10.9. The minimum absolute atomic E-state index is 0.00811. The van der Waals surface area contributed by atoms with Crippen molar-refractivity contribution in [3.63, 3.8) is 0 Å². The van der Waals surface area contributed by atoms with E-state index in [0.29, 0.717) is 42.8 Å². The summed E-state index contributed by atoms with van der Waals surface area (Å²) in [5, 5.41) is 11.6. The van der Waals surface area contributed by atoms with Crippen molar-refractivity contribution in [2.24, 2.45) is 0 Å².